The molecule has 0 radical (unpaired) electrons. The van der Waals surface area contributed by atoms with Crippen LogP contribution in [0.1, 0.15) is 91.6 Å². The first-order valence-corrected chi connectivity index (χ1v) is 16.1. The van der Waals surface area contributed by atoms with E-state index in [1.807, 2.05) is 43.3 Å². The van der Waals surface area contributed by atoms with E-state index in [9.17, 15) is 19.2 Å². The Bertz CT molecular complexity index is 1580. The fraction of sp³-hybridized carbons (Fsp3) is 0.300. The molecule has 0 saturated carbocycles. The lowest BCUT2D eigenvalue weighted by Crippen LogP contribution is -2.28. The maximum Gasteiger partial charge on any atom is 0.193 e. The Labute approximate surface area is 276 Å². The average Bonchev–Trinajstić information content (AvgIpc) is 3.13. The Balaban J connectivity index is 1.26. The summed E-state index contributed by atoms with van der Waals surface area (Å²) in [6.45, 7) is 3.20. The molecule has 7 heteroatoms. The van der Waals surface area contributed by atoms with Gasteiger partial charge in [0, 0.05) is 59.9 Å². The lowest BCUT2D eigenvalue weighted by Gasteiger charge is -2.22. The first kappa shape index (κ1) is 35.3. The molecule has 47 heavy (non-hydrogen) atoms. The minimum Gasteiger partial charge on any atom is -0.379 e. The van der Waals surface area contributed by atoms with Crippen LogP contribution in [0.25, 0.3) is 0 Å². The van der Waals surface area contributed by atoms with Gasteiger partial charge in [-0.3, -0.25) is 19.2 Å². The van der Waals surface area contributed by atoms with Gasteiger partial charge in [0.1, 0.15) is 0 Å². The number of carbonyl (C=O) groups excluding carboxylic acids is 4. The van der Waals surface area contributed by atoms with Crippen molar-refractivity contribution in [2.75, 3.05) is 26.9 Å². The zero-order valence-electron chi connectivity index (χ0n) is 27.1. The summed E-state index contributed by atoms with van der Waals surface area (Å²) in [6, 6.07) is 31.5. The van der Waals surface area contributed by atoms with Gasteiger partial charge < -0.3 is 14.2 Å². The van der Waals surface area contributed by atoms with Gasteiger partial charge in [-0.15, -0.1) is 0 Å². The number of hydrogen-bond acceptors (Lipinski definition) is 7. The zero-order valence-corrected chi connectivity index (χ0v) is 27.1. The second kappa shape index (κ2) is 18.6. The Morgan fingerprint density at radius 3 is 1.36 bits per heavy atom. The van der Waals surface area contributed by atoms with Crippen LogP contribution >= 0.6 is 0 Å². The maximum atomic E-state index is 13.0. The summed E-state index contributed by atoms with van der Waals surface area (Å²) in [6.07, 6.45) is 1.64. The second-order valence-corrected chi connectivity index (χ2v) is 11.4. The molecule has 0 fully saturated rings. The van der Waals surface area contributed by atoms with Gasteiger partial charge in [-0.1, -0.05) is 116 Å². The summed E-state index contributed by atoms with van der Waals surface area (Å²) < 4.78 is 17.5. The fourth-order valence-electron chi connectivity index (χ4n) is 5.09. The molecule has 0 aliphatic heterocycles. The largest absolute Gasteiger partial charge is 0.379 e. The van der Waals surface area contributed by atoms with Crippen LogP contribution in [0.5, 0.6) is 0 Å². The zero-order chi connectivity index (χ0) is 33.4. The summed E-state index contributed by atoms with van der Waals surface area (Å²) in [5, 5.41) is 0. The fourth-order valence-corrected chi connectivity index (χ4v) is 5.09. The third-order valence-corrected chi connectivity index (χ3v) is 7.90. The summed E-state index contributed by atoms with van der Waals surface area (Å²) in [5.41, 5.74) is 3.33. The first-order chi connectivity index (χ1) is 22.9. The van der Waals surface area contributed by atoms with E-state index in [1.54, 1.807) is 79.9 Å². The molecule has 2 atom stereocenters. The van der Waals surface area contributed by atoms with Gasteiger partial charge in [-0.2, -0.15) is 0 Å². The van der Waals surface area contributed by atoms with E-state index in [1.165, 1.54) is 0 Å². The van der Waals surface area contributed by atoms with Crippen LogP contribution in [-0.2, 0) is 14.2 Å². The molecule has 0 aromatic heterocycles. The Kier molecular flexibility index (Phi) is 13.9. The van der Waals surface area contributed by atoms with Crippen LogP contribution in [0.15, 0.2) is 109 Å². The number of ketones is 4. The summed E-state index contributed by atoms with van der Waals surface area (Å²) in [7, 11) is 1.58. The molecule has 0 N–H and O–H groups in total. The second-order valence-electron chi connectivity index (χ2n) is 11.4. The van der Waals surface area contributed by atoms with E-state index in [0.29, 0.717) is 59.4 Å². The molecule has 0 bridgehead atoms. The van der Waals surface area contributed by atoms with Crippen molar-refractivity contribution in [3.05, 3.63) is 143 Å². The summed E-state index contributed by atoms with van der Waals surface area (Å²) in [5.74, 6) is -0.267. The molecule has 0 aliphatic rings. The highest BCUT2D eigenvalue weighted by Gasteiger charge is 2.19. The van der Waals surface area contributed by atoms with Crippen molar-refractivity contribution in [1.29, 1.82) is 0 Å². The van der Waals surface area contributed by atoms with Gasteiger partial charge >= 0.3 is 0 Å². The van der Waals surface area contributed by atoms with Gasteiger partial charge in [0.2, 0.25) is 0 Å². The van der Waals surface area contributed by atoms with Crippen molar-refractivity contribution < 1.29 is 33.4 Å². The molecule has 4 rings (SSSR count). The molecule has 0 aliphatic carbocycles. The molecule has 244 valence electrons. The highest BCUT2D eigenvalue weighted by Crippen LogP contribution is 2.17. The van der Waals surface area contributed by atoms with Crippen LogP contribution < -0.4 is 0 Å². The average molecular weight is 635 g/mol. The Morgan fingerprint density at radius 1 is 0.532 bits per heavy atom. The SMILES string of the molecule is CCCOCC(CCC(=O)c1ccc(C(=O)c2ccccc2)cc1)OCC(CCC(=O)c1ccc(C(=O)c2ccccc2)cc1)OC. The van der Waals surface area contributed by atoms with E-state index >= 15 is 0 Å². The Hall–Kier alpha value is -4.56. The minimum absolute atomic E-state index is 0.0434. The van der Waals surface area contributed by atoms with Crippen molar-refractivity contribution >= 4 is 23.1 Å². The van der Waals surface area contributed by atoms with Gasteiger partial charge in [0.05, 0.1) is 25.4 Å². The van der Waals surface area contributed by atoms with Crippen LogP contribution in [0.2, 0.25) is 0 Å². The number of methoxy groups -OCH3 is 1. The number of rotatable bonds is 20. The predicted molar refractivity (Wildman–Crippen MR) is 181 cm³/mol. The number of benzene rings is 4. The van der Waals surface area contributed by atoms with Crippen molar-refractivity contribution in [3.8, 4) is 0 Å². The van der Waals surface area contributed by atoms with E-state index in [2.05, 4.69) is 0 Å². The van der Waals surface area contributed by atoms with Crippen molar-refractivity contribution in [2.24, 2.45) is 0 Å². The normalized spacial score (nSPS) is 12.3. The standard InChI is InChI=1S/C40H42O7/c1-3-26-46-27-36(23-25-38(42)30-16-20-34(21-17-30)40(44)32-12-8-5-9-13-32)47-28-35(45-2)22-24-37(41)29-14-18-33(19-15-29)39(43)31-10-6-4-7-11-31/h4-21,35-36H,3,22-28H2,1-2H3. The molecule has 0 spiro atoms. The summed E-state index contributed by atoms with van der Waals surface area (Å²) >= 11 is 0. The topological polar surface area (TPSA) is 96.0 Å². The molecule has 0 saturated heterocycles. The number of Topliss-reactive ketones (excluding diaryl/α,β-unsaturated/α-hetero) is 2. The molecule has 0 heterocycles. The van der Waals surface area contributed by atoms with E-state index in [-0.39, 0.29) is 54.8 Å². The number of hydrogen-bond donors (Lipinski definition) is 0. The molecule has 0 amide bonds. The number of ether oxygens (including phenoxy) is 3. The van der Waals surface area contributed by atoms with E-state index < -0.39 is 0 Å². The van der Waals surface area contributed by atoms with Gasteiger partial charge in [-0.05, 0) is 19.3 Å². The van der Waals surface area contributed by atoms with Crippen LogP contribution in [0, 0.1) is 0 Å². The third-order valence-electron chi connectivity index (χ3n) is 7.90. The predicted octanol–water partition coefficient (Wildman–Crippen LogP) is 7.60. The molecule has 4 aromatic carbocycles. The lowest BCUT2D eigenvalue weighted by atomic mass is 9.99. The van der Waals surface area contributed by atoms with Gasteiger partial charge in [0.15, 0.2) is 23.1 Å². The molecular weight excluding hydrogens is 592 g/mol. The van der Waals surface area contributed by atoms with Crippen LogP contribution in [0.3, 0.4) is 0 Å². The highest BCUT2D eigenvalue weighted by atomic mass is 16.6. The van der Waals surface area contributed by atoms with E-state index in [0.717, 1.165) is 6.42 Å². The monoisotopic (exact) mass is 634 g/mol. The third kappa shape index (κ3) is 10.7. The lowest BCUT2D eigenvalue weighted by molar-refractivity contribution is -0.0626. The van der Waals surface area contributed by atoms with Crippen LogP contribution in [-0.4, -0.2) is 62.3 Å². The Morgan fingerprint density at radius 2 is 0.936 bits per heavy atom. The molecule has 7 nitrogen and oxygen atoms in total. The molecular formula is C40H42O7. The van der Waals surface area contributed by atoms with Crippen LogP contribution in [0.4, 0.5) is 0 Å². The maximum absolute atomic E-state index is 13.0. The molecule has 4 aromatic rings. The van der Waals surface area contributed by atoms with Gasteiger partial charge in [-0.25, -0.2) is 0 Å². The van der Waals surface area contributed by atoms with Crippen molar-refractivity contribution in [2.45, 2.75) is 51.2 Å². The van der Waals surface area contributed by atoms with Crippen molar-refractivity contribution in [3.63, 3.8) is 0 Å². The minimum atomic E-state index is -0.326. The first-order valence-electron chi connectivity index (χ1n) is 16.1. The van der Waals surface area contributed by atoms with Gasteiger partial charge in [0.25, 0.3) is 0 Å². The smallest absolute Gasteiger partial charge is 0.193 e. The quantitative estimate of drug-likeness (QED) is 0.0730. The highest BCUT2D eigenvalue weighted by molar-refractivity contribution is 6.10. The number of carbonyl (C=O) groups is 4. The summed E-state index contributed by atoms with van der Waals surface area (Å²) in [4.78, 5) is 51.3. The van der Waals surface area contributed by atoms with E-state index in [4.69, 9.17) is 14.2 Å². The van der Waals surface area contributed by atoms with Crippen molar-refractivity contribution in [1.82, 2.24) is 0 Å². The molecule has 2 unspecified atom stereocenters.